The maximum absolute atomic E-state index is 12.3. The van der Waals surface area contributed by atoms with Gasteiger partial charge in [0.05, 0.1) is 11.9 Å². The molecule has 0 bridgehead atoms. The third kappa shape index (κ3) is 3.18. The fraction of sp³-hybridized carbons (Fsp3) is 0.727. The molecule has 1 aromatic heterocycles. The van der Waals surface area contributed by atoms with Gasteiger partial charge in [-0.1, -0.05) is 6.92 Å². The molecule has 1 unspecified atom stereocenters. The minimum Gasteiger partial charge on any atom is -0.384 e. The van der Waals surface area contributed by atoms with Crippen molar-refractivity contribution in [3.8, 4) is 0 Å². The molecule has 0 amide bonds. The molecule has 0 spiro atoms. The molecule has 6 nitrogen and oxygen atoms in total. The quantitative estimate of drug-likeness (QED) is 0.790. The predicted molar refractivity (Wildman–Crippen MR) is 76.3 cm³/mol. The summed E-state index contributed by atoms with van der Waals surface area (Å²) in [6.07, 6.45) is 1.44. The first-order chi connectivity index (χ1) is 8.96. The summed E-state index contributed by atoms with van der Waals surface area (Å²) in [5.41, 5.74) is 5.71. The minimum absolute atomic E-state index is 0.110. The number of nitrogens with zero attached hydrogens (tertiary/aromatic N) is 1. The van der Waals surface area contributed by atoms with Crippen molar-refractivity contribution in [1.29, 1.82) is 0 Å². The van der Waals surface area contributed by atoms with Gasteiger partial charge >= 0.3 is 0 Å². The van der Waals surface area contributed by atoms with Crippen molar-refractivity contribution in [3.05, 3.63) is 0 Å². The number of nitrogens with two attached hydrogens (primary N) is 1. The molecule has 19 heavy (non-hydrogen) atoms. The molecular formula is C11H19N3O3S2. The predicted octanol–water partition coefficient (Wildman–Crippen LogP) is 1.36. The monoisotopic (exact) mass is 305 g/mol. The van der Waals surface area contributed by atoms with Crippen molar-refractivity contribution in [3.63, 3.8) is 0 Å². The van der Waals surface area contributed by atoms with E-state index in [2.05, 4.69) is 9.69 Å². The third-order valence-electron chi connectivity index (χ3n) is 2.98. The van der Waals surface area contributed by atoms with Crippen LogP contribution in [-0.4, -0.2) is 38.3 Å². The highest BCUT2D eigenvalue weighted by molar-refractivity contribution is 7.92. The van der Waals surface area contributed by atoms with E-state index in [1.54, 1.807) is 7.11 Å². The van der Waals surface area contributed by atoms with E-state index in [1.165, 1.54) is 0 Å². The molecule has 1 fully saturated rings. The Balaban J connectivity index is 2.14. The number of methoxy groups -OCH3 is 1. The number of nitrogen functional groups attached to an aromatic ring is 1. The molecule has 2 rings (SSSR count). The van der Waals surface area contributed by atoms with Crippen LogP contribution in [0.1, 0.15) is 19.8 Å². The van der Waals surface area contributed by atoms with Crippen LogP contribution in [0.4, 0.5) is 10.8 Å². The maximum atomic E-state index is 12.3. The van der Waals surface area contributed by atoms with Gasteiger partial charge in [0, 0.05) is 13.7 Å². The summed E-state index contributed by atoms with van der Waals surface area (Å²) in [5.74, 6) is 0.392. The second-order valence-electron chi connectivity index (χ2n) is 4.91. The van der Waals surface area contributed by atoms with Gasteiger partial charge in [-0.05, 0) is 30.3 Å². The highest BCUT2D eigenvalue weighted by Crippen LogP contribution is 2.40. The van der Waals surface area contributed by atoms with Crippen molar-refractivity contribution in [2.45, 2.75) is 29.9 Å². The SMILES string of the molecule is COCC(C)CNc1snc(N)c1S(=O)(=O)C1CC1. The van der Waals surface area contributed by atoms with Crippen molar-refractivity contribution in [1.82, 2.24) is 4.37 Å². The number of anilines is 2. The van der Waals surface area contributed by atoms with Crippen LogP contribution in [-0.2, 0) is 14.6 Å². The van der Waals surface area contributed by atoms with Gasteiger partial charge in [0.2, 0.25) is 0 Å². The molecule has 0 radical (unpaired) electrons. The fourth-order valence-corrected chi connectivity index (χ4v) is 4.73. The first-order valence-electron chi connectivity index (χ1n) is 6.18. The molecular weight excluding hydrogens is 286 g/mol. The standard InChI is InChI=1S/C11H19N3O3S2/c1-7(6-17-2)5-13-11-9(10(12)14-18-11)19(15,16)8-3-4-8/h7-8,13H,3-6H2,1-2H3,(H2,12,14). The zero-order chi connectivity index (χ0) is 14.0. The van der Waals surface area contributed by atoms with Crippen LogP contribution in [0.15, 0.2) is 4.90 Å². The number of nitrogens with one attached hydrogen (secondary N) is 1. The Kier molecular flexibility index (Phi) is 4.32. The van der Waals surface area contributed by atoms with E-state index in [0.717, 1.165) is 24.4 Å². The van der Waals surface area contributed by atoms with Gasteiger partial charge in [-0.25, -0.2) is 8.42 Å². The molecule has 0 aromatic carbocycles. The van der Waals surface area contributed by atoms with Crippen molar-refractivity contribution >= 4 is 32.2 Å². The lowest BCUT2D eigenvalue weighted by Crippen LogP contribution is -2.17. The van der Waals surface area contributed by atoms with E-state index in [1.807, 2.05) is 6.92 Å². The zero-order valence-electron chi connectivity index (χ0n) is 11.0. The van der Waals surface area contributed by atoms with Crippen LogP contribution in [0.2, 0.25) is 0 Å². The average molecular weight is 305 g/mol. The van der Waals surface area contributed by atoms with Crippen molar-refractivity contribution in [2.75, 3.05) is 31.3 Å². The van der Waals surface area contributed by atoms with Crippen LogP contribution < -0.4 is 11.1 Å². The first-order valence-corrected chi connectivity index (χ1v) is 8.50. The number of sulfone groups is 1. The highest BCUT2D eigenvalue weighted by Gasteiger charge is 2.40. The van der Waals surface area contributed by atoms with E-state index in [4.69, 9.17) is 10.5 Å². The number of aromatic nitrogens is 1. The molecule has 1 aliphatic carbocycles. The van der Waals surface area contributed by atoms with E-state index in [0.29, 0.717) is 18.2 Å². The van der Waals surface area contributed by atoms with Crippen molar-refractivity contribution < 1.29 is 13.2 Å². The lowest BCUT2D eigenvalue weighted by molar-refractivity contribution is 0.164. The van der Waals surface area contributed by atoms with E-state index < -0.39 is 9.84 Å². The van der Waals surface area contributed by atoms with E-state index in [9.17, 15) is 8.42 Å². The van der Waals surface area contributed by atoms with Gasteiger partial charge in [-0.2, -0.15) is 4.37 Å². The minimum atomic E-state index is -3.31. The second-order valence-corrected chi connectivity index (χ2v) is 7.85. The Morgan fingerprint density at radius 2 is 2.26 bits per heavy atom. The smallest absolute Gasteiger partial charge is 0.187 e. The number of hydrogen-bond acceptors (Lipinski definition) is 7. The van der Waals surface area contributed by atoms with E-state index in [-0.39, 0.29) is 21.9 Å². The van der Waals surface area contributed by atoms with Gasteiger partial charge in [0.1, 0.15) is 9.90 Å². The summed E-state index contributed by atoms with van der Waals surface area (Å²) in [4.78, 5) is 0.185. The second kappa shape index (κ2) is 5.64. The fourth-order valence-electron chi connectivity index (χ4n) is 1.84. The average Bonchev–Trinajstić information content (AvgIpc) is 3.12. The van der Waals surface area contributed by atoms with Gasteiger partial charge in [0.15, 0.2) is 15.7 Å². The molecule has 1 heterocycles. The van der Waals surface area contributed by atoms with Crippen LogP contribution in [0.5, 0.6) is 0 Å². The summed E-state index contributed by atoms with van der Waals surface area (Å²) in [6, 6.07) is 0. The van der Waals surface area contributed by atoms with Crippen LogP contribution in [0.25, 0.3) is 0 Å². The number of hydrogen-bond donors (Lipinski definition) is 2. The summed E-state index contributed by atoms with van der Waals surface area (Å²) in [7, 11) is -1.67. The number of ether oxygens (including phenoxy) is 1. The van der Waals surface area contributed by atoms with Crippen LogP contribution in [0.3, 0.4) is 0 Å². The number of rotatable bonds is 7. The molecule has 3 N–H and O–H groups in total. The van der Waals surface area contributed by atoms with Crippen LogP contribution in [0, 0.1) is 5.92 Å². The molecule has 1 aliphatic rings. The normalized spacial score (nSPS) is 17.4. The van der Waals surface area contributed by atoms with E-state index >= 15 is 0 Å². The Morgan fingerprint density at radius 3 is 2.84 bits per heavy atom. The van der Waals surface area contributed by atoms with Gasteiger partial charge in [-0.15, -0.1) is 0 Å². The summed E-state index contributed by atoms with van der Waals surface area (Å²) in [6.45, 7) is 3.27. The maximum Gasteiger partial charge on any atom is 0.187 e. The Morgan fingerprint density at radius 1 is 1.58 bits per heavy atom. The summed E-state index contributed by atoms with van der Waals surface area (Å²) < 4.78 is 33.6. The molecule has 108 valence electrons. The van der Waals surface area contributed by atoms with Crippen LogP contribution >= 0.6 is 11.5 Å². The third-order valence-corrected chi connectivity index (χ3v) is 6.26. The Hall–Kier alpha value is -0.860. The largest absolute Gasteiger partial charge is 0.384 e. The molecule has 0 saturated heterocycles. The van der Waals surface area contributed by atoms with Gasteiger partial charge < -0.3 is 15.8 Å². The zero-order valence-corrected chi connectivity index (χ0v) is 12.7. The lowest BCUT2D eigenvalue weighted by Gasteiger charge is -2.12. The Labute approximate surface area is 117 Å². The van der Waals surface area contributed by atoms with Gasteiger partial charge in [0.25, 0.3) is 0 Å². The highest BCUT2D eigenvalue weighted by atomic mass is 32.2. The summed E-state index contributed by atoms with van der Waals surface area (Å²) >= 11 is 1.10. The first kappa shape index (κ1) is 14.5. The summed E-state index contributed by atoms with van der Waals surface area (Å²) in [5, 5.41) is 3.40. The molecule has 8 heteroatoms. The van der Waals surface area contributed by atoms with Gasteiger partial charge in [-0.3, -0.25) is 0 Å². The molecule has 1 saturated carbocycles. The molecule has 1 aromatic rings. The Bertz CT molecular complexity index is 537. The lowest BCUT2D eigenvalue weighted by atomic mass is 10.2. The topological polar surface area (TPSA) is 94.3 Å². The van der Waals surface area contributed by atoms with Crippen molar-refractivity contribution in [2.24, 2.45) is 5.92 Å². The molecule has 1 atom stereocenters. The molecule has 0 aliphatic heterocycles.